The zero-order chi connectivity index (χ0) is 15.3. The van der Waals surface area contributed by atoms with Crippen molar-refractivity contribution in [2.75, 3.05) is 6.54 Å². The highest BCUT2D eigenvalue weighted by Gasteiger charge is 2.21. The van der Waals surface area contributed by atoms with Crippen LogP contribution in [-0.4, -0.2) is 23.6 Å². The largest absolute Gasteiger partial charge is 0.508 e. The molecule has 0 saturated carbocycles. The molecule has 4 nitrogen and oxygen atoms in total. The second-order valence-electron chi connectivity index (χ2n) is 6.49. The van der Waals surface area contributed by atoms with Crippen molar-refractivity contribution in [2.45, 2.75) is 40.2 Å². The van der Waals surface area contributed by atoms with Crippen LogP contribution in [0.1, 0.15) is 33.3 Å². The van der Waals surface area contributed by atoms with Crippen molar-refractivity contribution in [1.29, 1.82) is 0 Å². The van der Waals surface area contributed by atoms with E-state index in [0.717, 1.165) is 5.56 Å². The van der Waals surface area contributed by atoms with Gasteiger partial charge in [0.25, 0.3) is 0 Å². The summed E-state index contributed by atoms with van der Waals surface area (Å²) in [4.78, 5) is 12.0. The second-order valence-corrected chi connectivity index (χ2v) is 6.49. The lowest BCUT2D eigenvalue weighted by Gasteiger charge is -2.27. The number of carbonyl (C=O) groups is 1. The van der Waals surface area contributed by atoms with Crippen LogP contribution in [0.4, 0.5) is 0 Å². The fraction of sp³-hybridized carbons (Fsp3) is 0.562. The molecule has 112 valence electrons. The third kappa shape index (κ3) is 5.21. The lowest BCUT2D eigenvalue weighted by Crippen LogP contribution is -2.44. The predicted molar refractivity (Wildman–Crippen MR) is 81.4 cm³/mol. The molecule has 0 saturated heterocycles. The average Bonchev–Trinajstić information content (AvgIpc) is 2.36. The Kier molecular flexibility index (Phi) is 5.57. The van der Waals surface area contributed by atoms with E-state index in [4.69, 9.17) is 5.73 Å². The van der Waals surface area contributed by atoms with Gasteiger partial charge in [0, 0.05) is 6.54 Å². The Morgan fingerprint density at radius 1 is 1.30 bits per heavy atom. The summed E-state index contributed by atoms with van der Waals surface area (Å²) >= 11 is 0. The Hall–Kier alpha value is -1.55. The molecule has 1 unspecified atom stereocenters. The van der Waals surface area contributed by atoms with Gasteiger partial charge < -0.3 is 16.2 Å². The number of phenols is 1. The highest BCUT2D eigenvalue weighted by Crippen LogP contribution is 2.24. The molecule has 0 aliphatic carbocycles. The minimum absolute atomic E-state index is 0.130. The Labute approximate surface area is 121 Å². The first kappa shape index (κ1) is 16.5. The summed E-state index contributed by atoms with van der Waals surface area (Å²) in [6.07, 6.45) is 0.468. The first-order valence-corrected chi connectivity index (χ1v) is 7.01. The molecule has 20 heavy (non-hydrogen) atoms. The number of hydrogen-bond acceptors (Lipinski definition) is 3. The first-order valence-electron chi connectivity index (χ1n) is 7.01. The van der Waals surface area contributed by atoms with Crippen LogP contribution >= 0.6 is 0 Å². The molecule has 0 aromatic heterocycles. The lowest BCUT2D eigenvalue weighted by atomic mass is 9.82. The van der Waals surface area contributed by atoms with Gasteiger partial charge in [0.15, 0.2) is 0 Å². The standard InChI is InChI=1S/C16H26N2O2/c1-11(16(2,3)4)10-18-15(20)14(17)9-12-5-7-13(19)8-6-12/h5-8,11,14,19H,9-10,17H2,1-4H3,(H,18,20)/t11?,14-/m0/s1. The second kappa shape index (κ2) is 6.75. The van der Waals surface area contributed by atoms with E-state index in [0.29, 0.717) is 18.9 Å². The van der Waals surface area contributed by atoms with Gasteiger partial charge in [-0.05, 0) is 35.4 Å². The summed E-state index contributed by atoms with van der Waals surface area (Å²) in [5.41, 5.74) is 7.01. The molecule has 0 aliphatic heterocycles. The Bertz CT molecular complexity index is 435. The summed E-state index contributed by atoms with van der Waals surface area (Å²) in [6, 6.07) is 6.19. The van der Waals surface area contributed by atoms with Gasteiger partial charge in [0.05, 0.1) is 6.04 Å². The maximum Gasteiger partial charge on any atom is 0.237 e. The number of hydrogen-bond donors (Lipinski definition) is 3. The van der Waals surface area contributed by atoms with Gasteiger partial charge in [-0.15, -0.1) is 0 Å². The number of nitrogens with two attached hydrogens (primary N) is 1. The molecule has 1 rings (SSSR count). The van der Waals surface area contributed by atoms with Crippen molar-refractivity contribution in [2.24, 2.45) is 17.1 Å². The van der Waals surface area contributed by atoms with Gasteiger partial charge in [-0.1, -0.05) is 39.8 Å². The smallest absolute Gasteiger partial charge is 0.237 e. The van der Waals surface area contributed by atoms with Crippen molar-refractivity contribution in [1.82, 2.24) is 5.32 Å². The van der Waals surface area contributed by atoms with Crippen LogP contribution in [0.25, 0.3) is 0 Å². The Morgan fingerprint density at radius 3 is 2.35 bits per heavy atom. The minimum Gasteiger partial charge on any atom is -0.508 e. The minimum atomic E-state index is -0.563. The fourth-order valence-corrected chi connectivity index (χ4v) is 1.67. The molecular weight excluding hydrogens is 252 g/mol. The number of carbonyl (C=O) groups excluding carboxylic acids is 1. The molecule has 1 aromatic carbocycles. The van der Waals surface area contributed by atoms with Gasteiger partial charge in [-0.25, -0.2) is 0 Å². The molecule has 0 heterocycles. The van der Waals surface area contributed by atoms with Crippen LogP contribution < -0.4 is 11.1 Å². The molecule has 0 bridgehead atoms. The number of amides is 1. The highest BCUT2D eigenvalue weighted by atomic mass is 16.3. The average molecular weight is 278 g/mol. The molecule has 1 amide bonds. The lowest BCUT2D eigenvalue weighted by molar-refractivity contribution is -0.122. The zero-order valence-corrected chi connectivity index (χ0v) is 12.8. The predicted octanol–water partition coefficient (Wildman–Crippen LogP) is 2.06. The number of aromatic hydroxyl groups is 1. The van der Waals surface area contributed by atoms with Crippen molar-refractivity contribution in [3.05, 3.63) is 29.8 Å². The zero-order valence-electron chi connectivity index (χ0n) is 12.8. The summed E-state index contributed by atoms with van der Waals surface area (Å²) in [5, 5.41) is 12.1. The van der Waals surface area contributed by atoms with E-state index in [-0.39, 0.29) is 17.1 Å². The van der Waals surface area contributed by atoms with Crippen LogP contribution in [-0.2, 0) is 11.2 Å². The van der Waals surface area contributed by atoms with E-state index in [2.05, 4.69) is 33.0 Å². The monoisotopic (exact) mass is 278 g/mol. The van der Waals surface area contributed by atoms with E-state index in [1.54, 1.807) is 24.3 Å². The fourth-order valence-electron chi connectivity index (χ4n) is 1.67. The highest BCUT2D eigenvalue weighted by molar-refractivity contribution is 5.81. The summed E-state index contributed by atoms with van der Waals surface area (Å²) in [5.74, 6) is 0.465. The third-order valence-electron chi connectivity index (χ3n) is 3.79. The molecule has 2 atom stereocenters. The molecule has 0 spiro atoms. The Morgan fingerprint density at radius 2 is 1.85 bits per heavy atom. The van der Waals surface area contributed by atoms with E-state index >= 15 is 0 Å². The van der Waals surface area contributed by atoms with Gasteiger partial charge in [-0.3, -0.25) is 4.79 Å². The molecule has 4 N–H and O–H groups in total. The Balaban J connectivity index is 2.45. The van der Waals surface area contributed by atoms with Crippen LogP contribution in [0.2, 0.25) is 0 Å². The van der Waals surface area contributed by atoms with Crippen LogP contribution in [0.3, 0.4) is 0 Å². The summed E-state index contributed by atoms with van der Waals surface area (Å²) in [6.45, 7) is 9.21. The van der Waals surface area contributed by atoms with E-state index in [9.17, 15) is 9.90 Å². The van der Waals surface area contributed by atoms with Crippen LogP contribution in [0.15, 0.2) is 24.3 Å². The van der Waals surface area contributed by atoms with E-state index < -0.39 is 6.04 Å². The van der Waals surface area contributed by atoms with Crippen molar-refractivity contribution in [3.8, 4) is 5.75 Å². The molecule has 0 fully saturated rings. The van der Waals surface area contributed by atoms with Crippen LogP contribution in [0.5, 0.6) is 5.75 Å². The summed E-state index contributed by atoms with van der Waals surface area (Å²) in [7, 11) is 0. The molecular formula is C16H26N2O2. The molecule has 0 aliphatic rings. The summed E-state index contributed by atoms with van der Waals surface area (Å²) < 4.78 is 0. The topological polar surface area (TPSA) is 75.4 Å². The SMILES string of the molecule is CC(CNC(=O)[C@@H](N)Cc1ccc(O)cc1)C(C)(C)C. The maximum atomic E-state index is 12.0. The van der Waals surface area contributed by atoms with E-state index in [1.165, 1.54) is 0 Å². The van der Waals surface area contributed by atoms with Gasteiger partial charge >= 0.3 is 0 Å². The quantitative estimate of drug-likeness (QED) is 0.771. The number of rotatable bonds is 5. The number of phenolic OH excluding ortho intramolecular Hbond substituents is 1. The molecule has 4 heteroatoms. The first-order chi connectivity index (χ1) is 9.20. The van der Waals surface area contributed by atoms with Crippen molar-refractivity contribution < 1.29 is 9.90 Å². The van der Waals surface area contributed by atoms with Crippen molar-refractivity contribution >= 4 is 5.91 Å². The number of nitrogens with one attached hydrogen (secondary N) is 1. The number of benzene rings is 1. The van der Waals surface area contributed by atoms with Gasteiger partial charge in [-0.2, -0.15) is 0 Å². The third-order valence-corrected chi connectivity index (χ3v) is 3.79. The molecule has 1 aromatic rings. The van der Waals surface area contributed by atoms with Crippen LogP contribution in [0, 0.1) is 11.3 Å². The maximum absolute atomic E-state index is 12.0. The van der Waals surface area contributed by atoms with Gasteiger partial charge in [0.2, 0.25) is 5.91 Å². The normalized spacial score (nSPS) is 14.7. The molecule has 0 radical (unpaired) electrons. The van der Waals surface area contributed by atoms with Gasteiger partial charge in [0.1, 0.15) is 5.75 Å². The van der Waals surface area contributed by atoms with E-state index in [1.807, 2.05) is 0 Å². The van der Waals surface area contributed by atoms with Crippen molar-refractivity contribution in [3.63, 3.8) is 0 Å².